The van der Waals surface area contributed by atoms with Crippen LogP contribution < -0.4 is 15.6 Å². The number of nitrogens with zero attached hydrogens (tertiary/aromatic N) is 4. The number of aliphatic hydroxyl groups is 3. The van der Waals surface area contributed by atoms with Gasteiger partial charge in [-0.3, -0.25) is 10.2 Å². The van der Waals surface area contributed by atoms with Crippen molar-refractivity contribution in [3.05, 3.63) is 106 Å². The van der Waals surface area contributed by atoms with E-state index in [0.29, 0.717) is 35.5 Å². The molecule has 2 atom stereocenters. The van der Waals surface area contributed by atoms with Crippen LogP contribution in [-0.2, 0) is 25.9 Å². The fourth-order valence-electron chi connectivity index (χ4n) is 4.85. The highest BCUT2D eigenvalue weighted by Gasteiger charge is 2.54. The van der Waals surface area contributed by atoms with E-state index in [0.717, 1.165) is 0 Å². The number of amides is 1. The number of hydrogen-bond donors (Lipinski definition) is 5. The lowest BCUT2D eigenvalue weighted by Gasteiger charge is -2.32. The molecular formula is C31H36N6O8S. The average Bonchev–Trinajstić information content (AvgIpc) is 3.48. The first-order chi connectivity index (χ1) is 22.3. The summed E-state index contributed by atoms with van der Waals surface area (Å²) in [5.74, 6) is -0.669. The second-order valence-corrected chi connectivity index (χ2v) is 12.5. The predicted molar refractivity (Wildman–Crippen MR) is 168 cm³/mol. The van der Waals surface area contributed by atoms with Gasteiger partial charge in [0.2, 0.25) is 5.90 Å². The molecule has 1 heterocycles. The Morgan fingerprint density at radius 1 is 1.04 bits per heavy atom. The number of hydrazine groups is 1. The number of azide groups is 1. The Labute approximate surface area is 266 Å². The van der Waals surface area contributed by atoms with E-state index in [-0.39, 0.29) is 30.4 Å². The van der Waals surface area contributed by atoms with E-state index in [1.165, 1.54) is 12.1 Å². The van der Waals surface area contributed by atoms with Crippen molar-refractivity contribution in [2.24, 2.45) is 10.1 Å². The Morgan fingerprint density at radius 3 is 2.41 bits per heavy atom. The van der Waals surface area contributed by atoms with Gasteiger partial charge in [-0.05, 0) is 53.1 Å². The number of carbonyl (C=O) groups is 1. The van der Waals surface area contributed by atoms with Crippen molar-refractivity contribution >= 4 is 21.6 Å². The van der Waals surface area contributed by atoms with Gasteiger partial charge in [0.15, 0.2) is 21.5 Å². The molecule has 3 aromatic rings. The van der Waals surface area contributed by atoms with Gasteiger partial charge in [0.1, 0.15) is 5.75 Å². The van der Waals surface area contributed by atoms with Crippen molar-refractivity contribution < 1.29 is 38.0 Å². The third-order valence-electron chi connectivity index (χ3n) is 7.36. The van der Waals surface area contributed by atoms with E-state index in [1.807, 2.05) is 0 Å². The van der Waals surface area contributed by atoms with Crippen LogP contribution in [0.1, 0.15) is 35.6 Å². The normalized spacial score (nSPS) is 17.6. The number of carbonyl (C=O) groups excluding carboxylic acids is 1. The van der Waals surface area contributed by atoms with Crippen LogP contribution in [0.4, 0.5) is 0 Å². The number of rotatable bonds is 17. The average molecular weight is 653 g/mol. The minimum atomic E-state index is -3.89. The molecule has 1 amide bonds. The van der Waals surface area contributed by atoms with E-state index in [2.05, 4.69) is 20.9 Å². The minimum Gasteiger partial charge on any atom is -0.494 e. The smallest absolute Gasteiger partial charge is 0.266 e. The SMILES string of the molecule is [N-]=[N+]=NCc1ccccc1[C@@H]1OC(c2ccc(OCCCO)cc2)=N[C@]1(CCS(=O)(=O)c1ccccc1)C(=O)NNC(CO)CO. The van der Waals surface area contributed by atoms with E-state index >= 15 is 0 Å². The maximum absolute atomic E-state index is 14.2. The summed E-state index contributed by atoms with van der Waals surface area (Å²) in [4.78, 5) is 21.9. The lowest BCUT2D eigenvalue weighted by atomic mass is 9.83. The maximum atomic E-state index is 14.2. The number of sulfone groups is 1. The van der Waals surface area contributed by atoms with Crippen LogP contribution in [0.5, 0.6) is 5.75 Å². The Kier molecular flexibility index (Phi) is 12.1. The summed E-state index contributed by atoms with van der Waals surface area (Å²) < 4.78 is 39.0. The van der Waals surface area contributed by atoms with Crippen molar-refractivity contribution in [1.29, 1.82) is 0 Å². The fourth-order valence-corrected chi connectivity index (χ4v) is 6.24. The first-order valence-electron chi connectivity index (χ1n) is 14.5. The molecule has 0 fully saturated rings. The van der Waals surface area contributed by atoms with Crippen molar-refractivity contribution in [2.75, 3.05) is 32.2 Å². The lowest BCUT2D eigenvalue weighted by molar-refractivity contribution is -0.130. The van der Waals surface area contributed by atoms with Gasteiger partial charge in [0, 0.05) is 29.9 Å². The fraction of sp³-hybridized carbons (Fsp3) is 0.355. The Hall–Kier alpha value is -4.50. The van der Waals surface area contributed by atoms with Gasteiger partial charge in [-0.25, -0.2) is 18.8 Å². The van der Waals surface area contributed by atoms with Crippen molar-refractivity contribution in [3.8, 4) is 5.75 Å². The molecule has 0 unspecified atom stereocenters. The molecular weight excluding hydrogens is 616 g/mol. The highest BCUT2D eigenvalue weighted by atomic mass is 32.2. The molecule has 4 rings (SSSR count). The van der Waals surface area contributed by atoms with Gasteiger partial charge in [-0.1, -0.05) is 47.6 Å². The third-order valence-corrected chi connectivity index (χ3v) is 9.09. The predicted octanol–water partition coefficient (Wildman–Crippen LogP) is 2.35. The molecule has 15 heteroatoms. The highest BCUT2D eigenvalue weighted by molar-refractivity contribution is 7.91. The first kappa shape index (κ1) is 34.4. The topological polar surface area (TPSA) is 216 Å². The molecule has 0 bridgehead atoms. The standard InChI is InChI=1S/C31H36N6O8S/c32-37-33-19-23-7-4-5-10-27(23)28-31(30(41)36-35-24(20-39)21-40,15-18-46(42,43)26-8-2-1-3-9-26)34-29(45-28)22-11-13-25(14-12-22)44-17-6-16-38/h1-5,7-14,24,28,35,38-40H,6,15-21H2,(H,36,41)/t28-,31-/m0/s1. The molecule has 46 heavy (non-hydrogen) atoms. The molecule has 14 nitrogen and oxygen atoms in total. The zero-order valence-corrected chi connectivity index (χ0v) is 25.7. The number of aliphatic hydroxyl groups excluding tert-OH is 3. The van der Waals surface area contributed by atoms with Gasteiger partial charge in [0.25, 0.3) is 5.91 Å². The van der Waals surface area contributed by atoms with Crippen LogP contribution in [0, 0.1) is 0 Å². The maximum Gasteiger partial charge on any atom is 0.266 e. The van der Waals surface area contributed by atoms with Gasteiger partial charge in [0.05, 0.1) is 43.1 Å². The summed E-state index contributed by atoms with van der Waals surface area (Å²) in [7, 11) is -3.89. The van der Waals surface area contributed by atoms with Crippen LogP contribution in [0.25, 0.3) is 10.4 Å². The summed E-state index contributed by atoms with van der Waals surface area (Å²) >= 11 is 0. The van der Waals surface area contributed by atoms with E-state index in [9.17, 15) is 23.4 Å². The van der Waals surface area contributed by atoms with E-state index in [1.54, 1.807) is 66.7 Å². The first-order valence-corrected chi connectivity index (χ1v) is 16.2. The minimum absolute atomic E-state index is 0.0123. The van der Waals surface area contributed by atoms with E-state index < -0.39 is 52.4 Å². The zero-order valence-electron chi connectivity index (χ0n) is 24.9. The van der Waals surface area contributed by atoms with Crippen LogP contribution in [0.3, 0.4) is 0 Å². The molecule has 0 saturated carbocycles. The molecule has 0 radical (unpaired) electrons. The third kappa shape index (κ3) is 8.20. The summed E-state index contributed by atoms with van der Waals surface area (Å²) in [5.41, 5.74) is 13.7. The molecule has 0 spiro atoms. The van der Waals surface area contributed by atoms with Gasteiger partial charge in [-0.2, -0.15) is 0 Å². The Bertz CT molecular complexity index is 1640. The van der Waals surface area contributed by atoms with Crippen LogP contribution in [-0.4, -0.2) is 79.3 Å². The van der Waals surface area contributed by atoms with Crippen molar-refractivity contribution in [3.63, 3.8) is 0 Å². The second kappa shape index (κ2) is 16.2. The zero-order chi connectivity index (χ0) is 33.0. The Morgan fingerprint density at radius 2 is 1.74 bits per heavy atom. The summed E-state index contributed by atoms with van der Waals surface area (Å²) in [6.45, 7) is -0.768. The monoisotopic (exact) mass is 652 g/mol. The molecule has 244 valence electrons. The quantitative estimate of drug-likeness (QED) is 0.0475. The lowest BCUT2D eigenvalue weighted by Crippen LogP contribution is -2.56. The molecule has 0 aromatic heterocycles. The Balaban J connectivity index is 1.82. The van der Waals surface area contributed by atoms with Crippen LogP contribution >= 0.6 is 0 Å². The molecule has 0 saturated heterocycles. The van der Waals surface area contributed by atoms with Gasteiger partial charge >= 0.3 is 0 Å². The number of aliphatic imine (C=N–C) groups is 1. The summed E-state index contributed by atoms with van der Waals surface area (Å²) in [5, 5.41) is 31.9. The summed E-state index contributed by atoms with van der Waals surface area (Å²) in [6.07, 6.45) is -1.05. The van der Waals surface area contributed by atoms with Crippen LogP contribution in [0.2, 0.25) is 0 Å². The number of benzene rings is 3. The molecule has 5 N–H and O–H groups in total. The number of hydrogen-bond acceptors (Lipinski definition) is 11. The summed E-state index contributed by atoms with van der Waals surface area (Å²) in [6, 6.07) is 20.5. The number of nitrogens with one attached hydrogen (secondary N) is 2. The van der Waals surface area contributed by atoms with Crippen LogP contribution in [0.15, 0.2) is 93.9 Å². The molecule has 0 aliphatic carbocycles. The van der Waals surface area contributed by atoms with Crippen molar-refractivity contribution in [1.82, 2.24) is 10.9 Å². The molecule has 1 aliphatic rings. The van der Waals surface area contributed by atoms with Crippen molar-refractivity contribution in [2.45, 2.75) is 42.0 Å². The van der Waals surface area contributed by atoms with E-state index in [4.69, 9.17) is 25.1 Å². The second-order valence-electron chi connectivity index (χ2n) is 10.4. The van der Waals surface area contributed by atoms with Gasteiger partial charge in [-0.15, -0.1) is 0 Å². The molecule has 3 aromatic carbocycles. The van der Waals surface area contributed by atoms with Gasteiger partial charge < -0.3 is 24.8 Å². The number of ether oxygens (including phenoxy) is 2. The largest absolute Gasteiger partial charge is 0.494 e. The highest BCUT2D eigenvalue weighted by Crippen LogP contribution is 2.44. The molecule has 1 aliphatic heterocycles.